The van der Waals surface area contributed by atoms with Crippen LogP contribution in [0.4, 0.5) is 5.69 Å². The molecule has 2 atom stereocenters. The average molecular weight is 357 g/mol. The molecule has 0 unspecified atom stereocenters. The SMILES string of the molecule is CC(=O)N1C[C@H]2C[C@H](C1)c1ccc(NC(=O)C3CCCCC3)c(=O)n1C2. The summed E-state index contributed by atoms with van der Waals surface area (Å²) in [6, 6.07) is 3.71. The lowest BCUT2D eigenvalue weighted by Gasteiger charge is -2.42. The Morgan fingerprint density at radius 1 is 1.08 bits per heavy atom. The number of fused-ring (bicyclic) bond motifs is 4. The molecule has 1 N–H and O–H groups in total. The first-order valence-electron chi connectivity index (χ1n) is 9.83. The molecule has 3 heterocycles. The lowest BCUT2D eigenvalue weighted by Crippen LogP contribution is -2.48. The van der Waals surface area contributed by atoms with Gasteiger partial charge in [0.25, 0.3) is 5.56 Å². The molecule has 3 aliphatic rings. The quantitative estimate of drug-likeness (QED) is 0.883. The van der Waals surface area contributed by atoms with E-state index in [1.807, 2.05) is 15.5 Å². The van der Waals surface area contributed by atoms with Crippen molar-refractivity contribution in [3.8, 4) is 0 Å². The predicted octanol–water partition coefficient (Wildman–Crippen LogP) is 2.33. The molecule has 6 heteroatoms. The Bertz CT molecular complexity index is 779. The van der Waals surface area contributed by atoms with Crippen molar-refractivity contribution in [2.24, 2.45) is 11.8 Å². The van der Waals surface area contributed by atoms with Crippen molar-refractivity contribution in [3.63, 3.8) is 0 Å². The summed E-state index contributed by atoms with van der Waals surface area (Å²) in [5, 5.41) is 2.89. The van der Waals surface area contributed by atoms with Crippen LogP contribution in [-0.4, -0.2) is 34.4 Å². The highest BCUT2D eigenvalue weighted by molar-refractivity contribution is 5.92. The Kier molecular flexibility index (Phi) is 4.59. The van der Waals surface area contributed by atoms with Gasteiger partial charge in [0.05, 0.1) is 0 Å². The minimum atomic E-state index is -0.0994. The molecule has 2 aliphatic heterocycles. The summed E-state index contributed by atoms with van der Waals surface area (Å²) < 4.78 is 1.83. The number of carbonyl (C=O) groups excluding carboxylic acids is 2. The van der Waals surface area contributed by atoms with Crippen molar-refractivity contribution in [1.82, 2.24) is 9.47 Å². The maximum Gasteiger partial charge on any atom is 0.274 e. The number of hydrogen-bond donors (Lipinski definition) is 1. The van der Waals surface area contributed by atoms with E-state index in [9.17, 15) is 14.4 Å². The van der Waals surface area contributed by atoms with E-state index in [1.54, 1.807) is 13.0 Å². The number of carbonyl (C=O) groups is 2. The predicted molar refractivity (Wildman–Crippen MR) is 99.0 cm³/mol. The van der Waals surface area contributed by atoms with Gasteiger partial charge < -0.3 is 14.8 Å². The van der Waals surface area contributed by atoms with Gasteiger partial charge >= 0.3 is 0 Å². The van der Waals surface area contributed by atoms with E-state index in [4.69, 9.17) is 0 Å². The molecular weight excluding hydrogens is 330 g/mol. The van der Waals surface area contributed by atoms with Gasteiger partial charge in [0, 0.05) is 44.1 Å². The highest BCUT2D eigenvalue weighted by Crippen LogP contribution is 2.35. The van der Waals surface area contributed by atoms with Gasteiger partial charge in [0.1, 0.15) is 5.69 Å². The van der Waals surface area contributed by atoms with Gasteiger partial charge in [0.15, 0.2) is 0 Å². The molecule has 0 radical (unpaired) electrons. The Morgan fingerprint density at radius 2 is 1.85 bits per heavy atom. The summed E-state index contributed by atoms with van der Waals surface area (Å²) in [5.41, 5.74) is 1.29. The van der Waals surface area contributed by atoms with Gasteiger partial charge in [-0.1, -0.05) is 19.3 Å². The number of pyridine rings is 1. The fourth-order valence-electron chi connectivity index (χ4n) is 4.90. The van der Waals surface area contributed by atoms with Crippen LogP contribution in [-0.2, 0) is 16.1 Å². The first-order valence-corrected chi connectivity index (χ1v) is 9.83. The molecule has 1 aromatic rings. The number of nitrogens with one attached hydrogen (secondary N) is 1. The van der Waals surface area contributed by atoms with Crippen molar-refractivity contribution in [1.29, 1.82) is 0 Å². The van der Waals surface area contributed by atoms with Crippen LogP contribution in [0.25, 0.3) is 0 Å². The van der Waals surface area contributed by atoms with Gasteiger partial charge in [-0.3, -0.25) is 14.4 Å². The standard InChI is InChI=1S/C20H27N3O3/c1-13(24)22-10-14-9-16(12-22)18-8-7-17(20(26)23(18)11-14)21-19(25)15-5-3-2-4-6-15/h7-8,14-16H,2-6,9-12H2,1H3,(H,21,25)/t14-,16-/m1/s1. The van der Waals surface area contributed by atoms with Crippen LogP contribution in [0.5, 0.6) is 0 Å². The van der Waals surface area contributed by atoms with Gasteiger partial charge in [-0.25, -0.2) is 0 Å². The van der Waals surface area contributed by atoms with Crippen molar-refractivity contribution in [2.45, 2.75) is 57.9 Å². The van der Waals surface area contributed by atoms with Crippen LogP contribution in [0.15, 0.2) is 16.9 Å². The van der Waals surface area contributed by atoms with Gasteiger partial charge in [0.2, 0.25) is 11.8 Å². The topological polar surface area (TPSA) is 71.4 Å². The second-order valence-electron chi connectivity index (χ2n) is 8.13. The maximum absolute atomic E-state index is 12.9. The highest BCUT2D eigenvalue weighted by atomic mass is 16.2. The number of likely N-dealkylation sites (tertiary alicyclic amines) is 1. The van der Waals surface area contributed by atoms with E-state index in [-0.39, 0.29) is 29.2 Å². The van der Waals surface area contributed by atoms with Crippen LogP contribution < -0.4 is 10.9 Å². The molecule has 1 saturated heterocycles. The molecule has 1 aromatic heterocycles. The second kappa shape index (κ2) is 6.89. The number of rotatable bonds is 2. The van der Waals surface area contributed by atoms with E-state index in [2.05, 4.69) is 5.32 Å². The molecule has 2 amide bonds. The van der Waals surface area contributed by atoms with E-state index in [1.165, 1.54) is 6.42 Å². The zero-order valence-corrected chi connectivity index (χ0v) is 15.4. The smallest absolute Gasteiger partial charge is 0.274 e. The van der Waals surface area contributed by atoms with E-state index < -0.39 is 0 Å². The van der Waals surface area contributed by atoms with Crippen LogP contribution in [0.3, 0.4) is 0 Å². The van der Waals surface area contributed by atoms with Crippen LogP contribution in [0.1, 0.15) is 57.1 Å². The molecule has 26 heavy (non-hydrogen) atoms. The van der Waals surface area contributed by atoms with Crippen LogP contribution in [0, 0.1) is 11.8 Å². The van der Waals surface area contributed by atoms with Crippen molar-refractivity contribution >= 4 is 17.5 Å². The van der Waals surface area contributed by atoms with Crippen molar-refractivity contribution in [2.75, 3.05) is 18.4 Å². The normalized spacial score (nSPS) is 25.5. The summed E-state index contributed by atoms with van der Waals surface area (Å²) in [6.07, 6.45) is 6.25. The fraction of sp³-hybridized carbons (Fsp3) is 0.650. The van der Waals surface area contributed by atoms with Crippen molar-refractivity contribution in [3.05, 3.63) is 28.2 Å². The van der Waals surface area contributed by atoms with Crippen LogP contribution in [0.2, 0.25) is 0 Å². The lowest BCUT2D eigenvalue weighted by atomic mass is 9.83. The number of anilines is 1. The summed E-state index contributed by atoms with van der Waals surface area (Å²) in [5.74, 6) is 0.648. The van der Waals surface area contributed by atoms with Gasteiger partial charge in [-0.15, -0.1) is 0 Å². The van der Waals surface area contributed by atoms with Gasteiger partial charge in [-0.05, 0) is 37.3 Å². The molecule has 2 bridgehead atoms. The average Bonchev–Trinajstić information content (AvgIpc) is 2.65. The maximum atomic E-state index is 12.9. The molecule has 4 rings (SSSR count). The molecule has 140 valence electrons. The van der Waals surface area contributed by atoms with E-state index >= 15 is 0 Å². The molecule has 2 fully saturated rings. The van der Waals surface area contributed by atoms with E-state index in [0.717, 1.165) is 44.3 Å². The monoisotopic (exact) mass is 357 g/mol. The molecule has 0 aromatic carbocycles. The molecule has 1 aliphatic carbocycles. The largest absolute Gasteiger partial charge is 0.342 e. The molecule has 1 saturated carbocycles. The third-order valence-corrected chi connectivity index (χ3v) is 6.28. The first-order chi connectivity index (χ1) is 12.5. The van der Waals surface area contributed by atoms with Crippen molar-refractivity contribution < 1.29 is 9.59 Å². The molecule has 6 nitrogen and oxygen atoms in total. The third kappa shape index (κ3) is 3.17. The number of amides is 2. The zero-order valence-electron chi connectivity index (χ0n) is 15.4. The Labute approximate surface area is 153 Å². The minimum absolute atomic E-state index is 0.0129. The summed E-state index contributed by atoms with van der Waals surface area (Å²) >= 11 is 0. The van der Waals surface area contributed by atoms with E-state index in [0.29, 0.717) is 24.7 Å². The summed E-state index contributed by atoms with van der Waals surface area (Å²) in [4.78, 5) is 39.1. The summed E-state index contributed by atoms with van der Waals surface area (Å²) in [6.45, 7) is 3.63. The Hall–Kier alpha value is -2.11. The number of piperidine rings is 1. The van der Waals surface area contributed by atoms with Gasteiger partial charge in [-0.2, -0.15) is 0 Å². The number of aromatic nitrogens is 1. The molecule has 0 spiro atoms. The fourth-order valence-corrected chi connectivity index (χ4v) is 4.90. The van der Waals surface area contributed by atoms with Crippen LogP contribution >= 0.6 is 0 Å². The first kappa shape index (κ1) is 17.3. The number of nitrogens with zero attached hydrogens (tertiary/aromatic N) is 2. The molecular formula is C20H27N3O3. The number of hydrogen-bond acceptors (Lipinski definition) is 3. The Balaban J connectivity index is 1.56. The zero-order chi connectivity index (χ0) is 18.3. The summed E-state index contributed by atoms with van der Waals surface area (Å²) in [7, 11) is 0. The third-order valence-electron chi connectivity index (χ3n) is 6.28. The second-order valence-corrected chi connectivity index (χ2v) is 8.13. The minimum Gasteiger partial charge on any atom is -0.342 e. The highest BCUT2D eigenvalue weighted by Gasteiger charge is 2.36. The lowest BCUT2D eigenvalue weighted by molar-refractivity contribution is -0.131. The Morgan fingerprint density at radius 3 is 2.58 bits per heavy atom.